The number of carbonyl (C=O) groups is 1. The molecule has 2 heterocycles. The number of thioether (sulfide) groups is 1. The van der Waals surface area contributed by atoms with Gasteiger partial charge in [-0.15, -0.1) is 11.8 Å². The average Bonchev–Trinajstić information content (AvgIpc) is 3.43. The van der Waals surface area contributed by atoms with Gasteiger partial charge in [-0.1, -0.05) is 23.7 Å². The summed E-state index contributed by atoms with van der Waals surface area (Å²) >= 11 is 7.73. The van der Waals surface area contributed by atoms with Crippen LogP contribution in [0.2, 0.25) is 5.02 Å². The quantitative estimate of drug-likeness (QED) is 0.443. The zero-order valence-electron chi connectivity index (χ0n) is 17.9. The Morgan fingerprint density at radius 1 is 1.25 bits per heavy atom. The van der Waals surface area contributed by atoms with E-state index in [0.29, 0.717) is 13.2 Å². The van der Waals surface area contributed by atoms with E-state index in [4.69, 9.17) is 21.1 Å². The summed E-state index contributed by atoms with van der Waals surface area (Å²) in [6.07, 6.45) is 7.03. The molecule has 1 saturated heterocycles. The molecule has 1 aliphatic rings. The molecule has 0 radical (unpaired) electrons. The molecule has 8 heteroatoms. The minimum Gasteiger partial charge on any atom is -0.345 e. The molecule has 1 aliphatic heterocycles. The van der Waals surface area contributed by atoms with Gasteiger partial charge in [0.15, 0.2) is 5.79 Å². The summed E-state index contributed by atoms with van der Waals surface area (Å²) < 4.78 is 14.8. The summed E-state index contributed by atoms with van der Waals surface area (Å²) in [6.45, 7) is 2.64. The molecule has 32 heavy (non-hydrogen) atoms. The fourth-order valence-electron chi connectivity index (χ4n) is 3.66. The molecule has 1 aromatic heterocycles. The molecule has 0 spiro atoms. The first kappa shape index (κ1) is 22.9. The van der Waals surface area contributed by atoms with Gasteiger partial charge in [-0.3, -0.25) is 4.79 Å². The van der Waals surface area contributed by atoms with E-state index in [2.05, 4.69) is 10.3 Å². The van der Waals surface area contributed by atoms with Crippen LogP contribution in [0.1, 0.15) is 18.9 Å². The first-order chi connectivity index (χ1) is 15.5. The van der Waals surface area contributed by atoms with Crippen molar-refractivity contribution in [1.82, 2.24) is 9.55 Å². The van der Waals surface area contributed by atoms with E-state index in [-0.39, 0.29) is 12.0 Å². The van der Waals surface area contributed by atoms with Crippen LogP contribution in [0, 0.1) is 0 Å². The Balaban J connectivity index is 1.36. The number of benzene rings is 2. The van der Waals surface area contributed by atoms with Crippen LogP contribution >= 0.6 is 23.4 Å². The summed E-state index contributed by atoms with van der Waals surface area (Å²) in [5.74, 6) is 0.0159. The lowest BCUT2D eigenvalue weighted by molar-refractivity contribution is -0.180. The second kappa shape index (κ2) is 10.5. The number of aromatic nitrogens is 2. The molecular weight excluding hydrogens is 446 g/mol. The van der Waals surface area contributed by atoms with Crippen molar-refractivity contribution in [2.75, 3.05) is 17.7 Å². The summed E-state index contributed by atoms with van der Waals surface area (Å²) in [5.41, 5.74) is 1.99. The predicted octanol–water partition coefficient (Wildman–Crippen LogP) is 5.03. The lowest BCUT2D eigenvalue weighted by Crippen LogP contribution is -2.37. The van der Waals surface area contributed by atoms with Gasteiger partial charge in [0.25, 0.3) is 0 Å². The second-order valence-electron chi connectivity index (χ2n) is 7.84. The molecular formula is C24H26ClN3O3S. The van der Waals surface area contributed by atoms with Crippen LogP contribution in [0.5, 0.6) is 0 Å². The van der Waals surface area contributed by atoms with Gasteiger partial charge in [0, 0.05) is 47.1 Å². The van der Waals surface area contributed by atoms with Gasteiger partial charge in [-0.25, -0.2) is 4.98 Å². The minimum absolute atomic E-state index is 0.0104. The number of hydrogen-bond acceptors (Lipinski definition) is 5. The molecule has 6 nitrogen and oxygen atoms in total. The normalized spacial score (nSPS) is 20.4. The first-order valence-corrected chi connectivity index (χ1v) is 11.9. The highest BCUT2D eigenvalue weighted by Crippen LogP contribution is 2.33. The Morgan fingerprint density at radius 2 is 2.03 bits per heavy atom. The Kier molecular flexibility index (Phi) is 7.52. The third-order valence-corrected chi connectivity index (χ3v) is 6.61. The van der Waals surface area contributed by atoms with E-state index in [1.165, 1.54) is 12.5 Å². The van der Waals surface area contributed by atoms with Crippen molar-refractivity contribution in [3.05, 3.63) is 77.8 Å². The van der Waals surface area contributed by atoms with Crippen LogP contribution in [0.3, 0.4) is 0 Å². The van der Waals surface area contributed by atoms with Crippen LogP contribution in [-0.4, -0.2) is 39.7 Å². The van der Waals surface area contributed by atoms with Gasteiger partial charge in [0.1, 0.15) is 0 Å². The van der Waals surface area contributed by atoms with Crippen molar-refractivity contribution >= 4 is 35.0 Å². The van der Waals surface area contributed by atoms with Crippen LogP contribution in [0.4, 0.5) is 5.69 Å². The average molecular weight is 472 g/mol. The maximum absolute atomic E-state index is 11.2. The van der Waals surface area contributed by atoms with Crippen LogP contribution in [-0.2, 0) is 27.2 Å². The Hall–Kier alpha value is -2.32. The molecule has 1 N–H and O–H groups in total. The summed E-state index contributed by atoms with van der Waals surface area (Å²) in [5, 5.41) is 3.52. The van der Waals surface area contributed by atoms with Gasteiger partial charge in [0.2, 0.25) is 5.91 Å². The van der Waals surface area contributed by atoms with Gasteiger partial charge in [-0.05, 0) is 48.4 Å². The van der Waals surface area contributed by atoms with E-state index in [1.807, 2.05) is 59.3 Å². The molecule has 3 aromatic rings. The maximum Gasteiger partial charge on any atom is 0.221 e. The standard InChI is InChI=1S/C24H26ClN3O3S/c1-18(29)27-21-6-8-23(9-7-21)32-15-22-14-30-24(31-22,16-28-13-12-26-17-28)11-10-19-2-4-20(25)5-3-19/h2-9,12-13,17,22H,10-11,14-16H2,1H3,(H,27,29). The van der Waals surface area contributed by atoms with Crippen molar-refractivity contribution in [3.63, 3.8) is 0 Å². The van der Waals surface area contributed by atoms with E-state index in [0.717, 1.165) is 34.2 Å². The van der Waals surface area contributed by atoms with Crippen LogP contribution in [0.15, 0.2) is 72.1 Å². The number of imidazole rings is 1. The Morgan fingerprint density at radius 3 is 2.72 bits per heavy atom. The van der Waals surface area contributed by atoms with Crippen molar-refractivity contribution in [3.8, 4) is 0 Å². The number of nitrogens with zero attached hydrogens (tertiary/aromatic N) is 2. The SMILES string of the molecule is CC(=O)Nc1ccc(SCC2COC(CCc3ccc(Cl)cc3)(Cn3ccnc3)O2)cc1. The minimum atomic E-state index is -0.694. The lowest BCUT2D eigenvalue weighted by Gasteiger charge is -2.28. The molecule has 168 valence electrons. The highest BCUT2D eigenvalue weighted by Gasteiger charge is 2.41. The van der Waals surface area contributed by atoms with Crippen molar-refractivity contribution in [2.45, 2.75) is 43.1 Å². The van der Waals surface area contributed by atoms with Gasteiger partial charge < -0.3 is 19.4 Å². The van der Waals surface area contributed by atoms with Crippen molar-refractivity contribution in [2.24, 2.45) is 0 Å². The fourth-order valence-corrected chi connectivity index (χ4v) is 4.66. The fraction of sp³-hybridized carbons (Fsp3) is 0.333. The third-order valence-electron chi connectivity index (χ3n) is 5.21. The monoisotopic (exact) mass is 471 g/mol. The number of carbonyl (C=O) groups excluding carboxylic acids is 1. The molecule has 0 aliphatic carbocycles. The van der Waals surface area contributed by atoms with Gasteiger partial charge >= 0.3 is 0 Å². The van der Waals surface area contributed by atoms with Crippen LogP contribution in [0.25, 0.3) is 0 Å². The maximum atomic E-state index is 11.2. The molecule has 2 aromatic carbocycles. The number of hydrogen-bond donors (Lipinski definition) is 1. The first-order valence-electron chi connectivity index (χ1n) is 10.5. The number of amides is 1. The largest absolute Gasteiger partial charge is 0.345 e. The zero-order chi connectivity index (χ0) is 22.4. The van der Waals surface area contributed by atoms with Crippen LogP contribution < -0.4 is 5.32 Å². The molecule has 2 unspecified atom stereocenters. The number of anilines is 1. The number of halogens is 1. The van der Waals surface area contributed by atoms with Gasteiger partial charge in [0.05, 0.1) is 25.6 Å². The Labute approximate surface area is 197 Å². The van der Waals surface area contributed by atoms with E-state index in [9.17, 15) is 4.79 Å². The van der Waals surface area contributed by atoms with Crippen molar-refractivity contribution in [1.29, 1.82) is 0 Å². The van der Waals surface area contributed by atoms with E-state index >= 15 is 0 Å². The molecule has 0 bridgehead atoms. The smallest absolute Gasteiger partial charge is 0.221 e. The van der Waals surface area contributed by atoms with E-state index in [1.54, 1.807) is 24.3 Å². The predicted molar refractivity (Wildman–Crippen MR) is 127 cm³/mol. The summed E-state index contributed by atoms with van der Waals surface area (Å²) in [4.78, 5) is 16.4. The summed E-state index contributed by atoms with van der Waals surface area (Å²) in [7, 11) is 0. The number of ether oxygens (including phenoxy) is 2. The molecule has 0 saturated carbocycles. The topological polar surface area (TPSA) is 65.4 Å². The molecule has 2 atom stereocenters. The molecule has 1 amide bonds. The number of nitrogens with one attached hydrogen (secondary N) is 1. The van der Waals surface area contributed by atoms with Gasteiger partial charge in [-0.2, -0.15) is 0 Å². The highest BCUT2D eigenvalue weighted by atomic mass is 35.5. The molecule has 1 fully saturated rings. The van der Waals surface area contributed by atoms with Crippen molar-refractivity contribution < 1.29 is 14.3 Å². The molecule has 4 rings (SSSR count). The Bertz CT molecular complexity index is 1010. The third kappa shape index (κ3) is 6.36. The zero-order valence-corrected chi connectivity index (χ0v) is 19.4. The van der Waals surface area contributed by atoms with E-state index < -0.39 is 5.79 Å². The highest BCUT2D eigenvalue weighted by molar-refractivity contribution is 7.99. The number of rotatable bonds is 9. The number of aryl methyl sites for hydroxylation is 1. The summed E-state index contributed by atoms with van der Waals surface area (Å²) in [6, 6.07) is 15.7. The second-order valence-corrected chi connectivity index (χ2v) is 9.37. The lowest BCUT2D eigenvalue weighted by atomic mass is 10.0.